The van der Waals surface area contributed by atoms with Crippen LogP contribution in [0, 0.1) is 0 Å². The summed E-state index contributed by atoms with van der Waals surface area (Å²) in [6.45, 7) is 0. The normalized spacial score (nSPS) is 9.48. The Labute approximate surface area is 174 Å². The van der Waals surface area contributed by atoms with Crippen LogP contribution in [0.15, 0.2) is 0 Å². The molecule has 0 fully saturated rings. The number of halogens is 6. The molecule has 178 valence electrons. The Bertz CT molecular complexity index is 303. The van der Waals surface area contributed by atoms with Crippen LogP contribution in [0.5, 0.6) is 0 Å². The topological polar surface area (TPSA) is 57.2 Å². The zero-order valence-electron chi connectivity index (χ0n) is 18.0. The summed E-state index contributed by atoms with van der Waals surface area (Å²) >= 11 is 0. The molecule has 14 heteroatoms. The molecule has 0 aromatic carbocycles. The molecule has 0 bridgehead atoms. The van der Waals surface area contributed by atoms with Crippen molar-refractivity contribution in [3.8, 4) is 0 Å². The molecule has 0 aromatic rings. The second kappa shape index (κ2) is 29.1. The van der Waals surface area contributed by atoms with Crippen molar-refractivity contribution in [2.24, 2.45) is 0 Å². The molecule has 0 saturated heterocycles. The third-order valence-electron chi connectivity index (χ3n) is 0.283. The second-order valence-electron chi connectivity index (χ2n) is 5.80. The zero-order chi connectivity index (χ0) is 21.3. The lowest BCUT2D eigenvalue weighted by molar-refractivity contribution is -0.0518. The number of hydrogen-bond donors (Lipinski definition) is 0. The van der Waals surface area contributed by atoms with Crippen LogP contribution in [-0.4, -0.2) is 93.5 Å². The van der Waals surface area contributed by atoms with E-state index in [-0.39, 0.29) is 14.1 Å². The highest BCUT2D eigenvalue weighted by molar-refractivity contribution is 7.95. The Morgan fingerprint density at radius 3 is 0.593 bits per heavy atom. The Balaban J connectivity index is -0.0000000282. The fraction of sp³-hybridized carbons (Fsp3) is 1.00. The molecular formula is C13H36F6O3S5. The van der Waals surface area contributed by atoms with Crippen molar-refractivity contribution in [3.05, 3.63) is 0 Å². The summed E-state index contributed by atoms with van der Waals surface area (Å²) in [6, 6.07) is 0. The lowest BCUT2D eigenvalue weighted by atomic mass is 11.6. The molecule has 0 atom stereocenters. The molecule has 0 rings (SSSR count). The summed E-state index contributed by atoms with van der Waals surface area (Å²) in [5, 5.41) is 0. The Kier molecular flexibility index (Phi) is 54.9. The molecule has 0 unspecified atom stereocenters. The second-order valence-corrected chi connectivity index (χ2v) is 17.0. The van der Waals surface area contributed by atoms with Gasteiger partial charge in [0, 0.05) is 0 Å². The lowest BCUT2D eigenvalue weighted by Crippen LogP contribution is -3.00. The van der Waals surface area contributed by atoms with E-state index >= 15 is 0 Å². The molecule has 0 amide bonds. The first-order valence-electron chi connectivity index (χ1n) is 6.17. The van der Waals surface area contributed by atoms with Gasteiger partial charge in [-0.2, -0.15) is 13.2 Å². The monoisotopic (exact) mass is 514 g/mol. The number of alkyl halides is 3. The van der Waals surface area contributed by atoms with Gasteiger partial charge in [-0.1, -0.05) is 0 Å². The van der Waals surface area contributed by atoms with E-state index in [9.17, 15) is 13.2 Å². The van der Waals surface area contributed by atoms with E-state index < -0.39 is 15.6 Å². The summed E-state index contributed by atoms with van der Waals surface area (Å²) in [4.78, 5) is 0. The minimum atomic E-state index is -6.09. The average Bonchev–Trinajstić information content (AvgIpc) is 2.08. The first-order chi connectivity index (χ1) is 10.2. The number of rotatable bonds is 0. The fourth-order valence-electron chi connectivity index (χ4n) is 0. The molecule has 0 aliphatic rings. The van der Waals surface area contributed by atoms with Crippen LogP contribution >= 0.6 is 0 Å². The van der Waals surface area contributed by atoms with Crippen LogP contribution in [0.4, 0.5) is 13.2 Å². The molecule has 0 aliphatic heterocycles. The highest BCUT2D eigenvalue weighted by Crippen LogP contribution is 2.20. The quantitative estimate of drug-likeness (QED) is 0.140. The molecule has 0 N–H and O–H groups in total. The maximum absolute atomic E-state index is 10.7. The van der Waals surface area contributed by atoms with Gasteiger partial charge in [0.15, 0.2) is 10.1 Å². The Hall–Kier alpha value is 0.890. The summed E-state index contributed by atoms with van der Waals surface area (Å²) in [6.07, 6.45) is 26.3. The molecule has 0 heterocycles. The summed E-state index contributed by atoms with van der Waals surface area (Å²) in [5.74, 6) is 0. The maximum Gasteiger partial charge on any atom is 0.485 e. The smallest absolute Gasteiger partial charge is 0.485 e. The minimum Gasteiger partial charge on any atom is -1.00 e. The average molecular weight is 515 g/mol. The van der Waals surface area contributed by atoms with Crippen LogP contribution in [0.1, 0.15) is 0 Å². The third-order valence-corrected chi connectivity index (χ3v) is 0.850. The van der Waals surface area contributed by atoms with Crippen molar-refractivity contribution in [1.82, 2.24) is 0 Å². The highest BCUT2D eigenvalue weighted by Gasteiger charge is 2.36. The molecule has 0 spiro atoms. The molecular weight excluding hydrogens is 478 g/mol. The van der Waals surface area contributed by atoms with Crippen molar-refractivity contribution in [2.75, 3.05) is 75.1 Å². The van der Waals surface area contributed by atoms with Crippen LogP contribution in [0.2, 0.25) is 0 Å². The van der Waals surface area contributed by atoms with Gasteiger partial charge in [0.05, 0.1) is 75.1 Å². The van der Waals surface area contributed by atoms with Gasteiger partial charge in [0.2, 0.25) is 0 Å². The van der Waals surface area contributed by atoms with E-state index in [0.717, 1.165) is 0 Å². The number of hydrogen-bond acceptors (Lipinski definition) is 3. The van der Waals surface area contributed by atoms with Gasteiger partial charge in [0.25, 0.3) is 0 Å². The van der Waals surface area contributed by atoms with Gasteiger partial charge in [-0.05, 0) is 43.6 Å². The highest BCUT2D eigenvalue weighted by atomic mass is 32.2. The Morgan fingerprint density at radius 2 is 0.593 bits per heavy atom. The van der Waals surface area contributed by atoms with Crippen LogP contribution in [-0.2, 0) is 53.7 Å². The summed E-state index contributed by atoms with van der Waals surface area (Å²) in [5.41, 5.74) is -5.65. The van der Waals surface area contributed by atoms with E-state index in [1.807, 2.05) is 0 Å². The van der Waals surface area contributed by atoms with E-state index in [4.69, 9.17) is 13.0 Å². The maximum atomic E-state index is 10.7. The van der Waals surface area contributed by atoms with Crippen molar-refractivity contribution >= 4 is 53.7 Å². The molecule has 0 aliphatic carbocycles. The van der Waals surface area contributed by atoms with Gasteiger partial charge < -0.3 is 18.7 Å². The van der Waals surface area contributed by atoms with Crippen molar-refractivity contribution in [2.45, 2.75) is 5.51 Å². The molecule has 0 saturated carbocycles. The van der Waals surface area contributed by atoms with E-state index in [0.29, 0.717) is 43.6 Å². The summed E-state index contributed by atoms with van der Waals surface area (Å²) in [7, 11) is -3.53. The fourth-order valence-corrected chi connectivity index (χ4v) is 0. The molecule has 27 heavy (non-hydrogen) atoms. The van der Waals surface area contributed by atoms with E-state index in [2.05, 4.69) is 75.1 Å². The zero-order valence-corrected chi connectivity index (χ0v) is 22.1. The van der Waals surface area contributed by atoms with Gasteiger partial charge in [-0.25, -0.2) is 8.42 Å². The SMILES string of the molecule is C[S+](C)C.C[S+](C)C.C[S+](C)C.C[S+](C)C.O=S(=O)([O-])C(F)(F)F.[F-].[F-].[F-]. The van der Waals surface area contributed by atoms with Crippen LogP contribution in [0.3, 0.4) is 0 Å². The van der Waals surface area contributed by atoms with Crippen molar-refractivity contribution in [3.63, 3.8) is 0 Å². The van der Waals surface area contributed by atoms with Gasteiger partial charge in [0.1, 0.15) is 0 Å². The largest absolute Gasteiger partial charge is 1.00 e. The Morgan fingerprint density at radius 1 is 0.556 bits per heavy atom. The van der Waals surface area contributed by atoms with Crippen molar-refractivity contribution in [1.29, 1.82) is 0 Å². The van der Waals surface area contributed by atoms with Crippen molar-refractivity contribution < 1.29 is 40.3 Å². The predicted molar refractivity (Wildman–Crippen MR) is 116 cm³/mol. The van der Waals surface area contributed by atoms with Gasteiger partial charge >= 0.3 is 5.51 Å². The van der Waals surface area contributed by atoms with Gasteiger partial charge in [-0.15, -0.1) is 0 Å². The van der Waals surface area contributed by atoms with Crippen LogP contribution in [0.25, 0.3) is 0 Å². The van der Waals surface area contributed by atoms with Gasteiger partial charge in [-0.3, -0.25) is 0 Å². The predicted octanol–water partition coefficient (Wildman–Crippen LogP) is -6.96. The molecule has 0 aromatic heterocycles. The molecule has 0 radical (unpaired) electrons. The first kappa shape index (κ1) is 51.0. The summed E-state index contributed by atoms with van der Waals surface area (Å²) < 4.78 is 58.9. The van der Waals surface area contributed by atoms with E-state index in [1.165, 1.54) is 0 Å². The first-order valence-corrected chi connectivity index (χ1v) is 17.4. The minimum absolute atomic E-state index is 0. The standard InChI is InChI=1S/4C3H9S.CHF3O3S.3FH/c4*1-4(2)3;2-1(3,4)8(5,6)7;;;/h4*1-3H3;(H,5,6,7);3*1H/q4*+1;;;;/p-4. The van der Waals surface area contributed by atoms with Crippen LogP contribution < -0.4 is 14.1 Å². The molecule has 3 nitrogen and oxygen atoms in total. The third kappa shape index (κ3) is 170. The lowest BCUT2D eigenvalue weighted by Gasteiger charge is -2.08. The van der Waals surface area contributed by atoms with E-state index in [1.54, 1.807) is 0 Å².